The van der Waals surface area contributed by atoms with Gasteiger partial charge in [0.1, 0.15) is 5.75 Å². The van der Waals surface area contributed by atoms with Crippen molar-refractivity contribution in [1.29, 1.82) is 0 Å². The smallest absolute Gasteiger partial charge is 0.238 e. The Kier molecular flexibility index (Phi) is 7.35. The van der Waals surface area contributed by atoms with Crippen molar-refractivity contribution in [2.75, 3.05) is 32.1 Å². The van der Waals surface area contributed by atoms with Crippen LogP contribution in [0.2, 0.25) is 0 Å². The van der Waals surface area contributed by atoms with E-state index in [1.165, 1.54) is 18.2 Å². The van der Waals surface area contributed by atoms with Gasteiger partial charge in [0.15, 0.2) is 0 Å². The molecule has 0 atom stereocenters. The summed E-state index contributed by atoms with van der Waals surface area (Å²) in [7, 11) is -1.96. The molecule has 0 saturated heterocycles. The van der Waals surface area contributed by atoms with Crippen LogP contribution < -0.4 is 15.2 Å². The third-order valence-corrected chi connectivity index (χ3v) is 4.81. The molecule has 0 aliphatic heterocycles. The third kappa shape index (κ3) is 7.01. The van der Waals surface area contributed by atoms with Crippen LogP contribution in [0.3, 0.4) is 0 Å². The molecule has 0 fully saturated rings. The van der Waals surface area contributed by atoms with Gasteiger partial charge in [0.2, 0.25) is 15.9 Å². The van der Waals surface area contributed by atoms with E-state index in [9.17, 15) is 13.2 Å². The molecule has 1 amide bonds. The number of nitrogens with one attached hydrogen (secondary N) is 1. The van der Waals surface area contributed by atoms with Crippen molar-refractivity contribution in [2.45, 2.75) is 18.2 Å². The Morgan fingerprint density at radius 2 is 1.93 bits per heavy atom. The van der Waals surface area contributed by atoms with Crippen molar-refractivity contribution in [3.05, 3.63) is 54.1 Å². The van der Waals surface area contributed by atoms with Crippen LogP contribution >= 0.6 is 0 Å². The number of benzene rings is 2. The molecular formula is C19H25N3O4S. The number of carbonyl (C=O) groups excluding carboxylic acids is 1. The Morgan fingerprint density at radius 3 is 2.63 bits per heavy atom. The van der Waals surface area contributed by atoms with E-state index in [4.69, 9.17) is 9.88 Å². The number of hydrogen-bond acceptors (Lipinski definition) is 5. The number of nitrogens with two attached hydrogens (primary N) is 1. The Labute approximate surface area is 160 Å². The molecule has 8 heteroatoms. The molecule has 27 heavy (non-hydrogen) atoms. The van der Waals surface area contributed by atoms with Crippen LogP contribution in [-0.2, 0) is 14.8 Å². The minimum atomic E-state index is -3.80. The molecule has 2 aromatic rings. The quantitative estimate of drug-likeness (QED) is 0.637. The van der Waals surface area contributed by atoms with Crippen LogP contribution in [0.15, 0.2) is 53.4 Å². The first-order valence-electron chi connectivity index (χ1n) is 8.55. The number of anilines is 1. The van der Waals surface area contributed by atoms with Crippen LogP contribution in [0.25, 0.3) is 0 Å². The topological polar surface area (TPSA) is 102 Å². The van der Waals surface area contributed by atoms with Crippen LogP contribution in [0.4, 0.5) is 5.69 Å². The van der Waals surface area contributed by atoms with Crippen molar-refractivity contribution in [2.24, 2.45) is 5.14 Å². The maximum Gasteiger partial charge on any atom is 0.238 e. The lowest BCUT2D eigenvalue weighted by Crippen LogP contribution is -2.31. The second-order valence-corrected chi connectivity index (χ2v) is 7.89. The fourth-order valence-electron chi connectivity index (χ4n) is 2.51. The zero-order valence-corrected chi connectivity index (χ0v) is 16.3. The molecule has 0 aliphatic rings. The standard InChI is InChI=1S/C19H25N3O4S/c1-15-7-3-4-10-18(15)26-12-6-11-22(2)14-19(23)21-16-8-5-9-17(13-16)27(20,24)25/h3-5,7-10,13H,6,11-12,14H2,1-2H3,(H,21,23)(H2,20,24,25). The second kappa shape index (κ2) is 9.50. The number of ether oxygens (including phenoxy) is 1. The average Bonchev–Trinajstić information content (AvgIpc) is 2.59. The van der Waals surface area contributed by atoms with Crippen molar-refractivity contribution < 1.29 is 17.9 Å². The molecule has 0 aliphatic carbocycles. The van der Waals surface area contributed by atoms with Gasteiger partial charge in [-0.05, 0) is 50.2 Å². The lowest BCUT2D eigenvalue weighted by molar-refractivity contribution is -0.117. The normalized spacial score (nSPS) is 11.4. The number of primary sulfonamides is 1. The molecule has 2 aromatic carbocycles. The number of para-hydroxylation sites is 1. The van der Waals surface area contributed by atoms with E-state index in [1.807, 2.05) is 43.1 Å². The number of likely N-dealkylation sites (N-methyl/N-ethyl adjacent to an activating group) is 1. The van der Waals surface area contributed by atoms with Crippen LogP contribution in [0, 0.1) is 6.92 Å². The Balaban J connectivity index is 1.75. The lowest BCUT2D eigenvalue weighted by Gasteiger charge is -2.17. The second-order valence-electron chi connectivity index (χ2n) is 6.33. The van der Waals surface area contributed by atoms with Gasteiger partial charge in [-0.3, -0.25) is 9.69 Å². The van der Waals surface area contributed by atoms with Crippen molar-refractivity contribution in [3.63, 3.8) is 0 Å². The molecular weight excluding hydrogens is 366 g/mol. The van der Waals surface area contributed by atoms with Gasteiger partial charge in [-0.15, -0.1) is 0 Å². The number of aryl methyl sites for hydroxylation is 1. The summed E-state index contributed by atoms with van der Waals surface area (Å²) in [6.45, 7) is 3.43. The van der Waals surface area contributed by atoms with Crippen LogP contribution in [0.1, 0.15) is 12.0 Å². The molecule has 0 heterocycles. The molecule has 0 unspecified atom stereocenters. The molecule has 0 aromatic heterocycles. The largest absolute Gasteiger partial charge is 0.493 e. The van der Waals surface area contributed by atoms with Gasteiger partial charge in [-0.1, -0.05) is 24.3 Å². The van der Waals surface area contributed by atoms with E-state index in [-0.39, 0.29) is 17.3 Å². The molecule has 0 spiro atoms. The highest BCUT2D eigenvalue weighted by atomic mass is 32.2. The summed E-state index contributed by atoms with van der Waals surface area (Å²) in [6, 6.07) is 13.7. The van der Waals surface area contributed by atoms with Gasteiger partial charge in [0.05, 0.1) is 18.0 Å². The Morgan fingerprint density at radius 1 is 1.19 bits per heavy atom. The first kappa shape index (κ1) is 20.9. The zero-order chi connectivity index (χ0) is 19.9. The van der Waals surface area contributed by atoms with Gasteiger partial charge in [-0.25, -0.2) is 13.6 Å². The SMILES string of the molecule is Cc1ccccc1OCCCN(C)CC(=O)Nc1cccc(S(N)(=O)=O)c1. The van der Waals surface area contributed by atoms with E-state index in [2.05, 4.69) is 5.32 Å². The maximum atomic E-state index is 12.1. The monoisotopic (exact) mass is 391 g/mol. The summed E-state index contributed by atoms with van der Waals surface area (Å²) >= 11 is 0. The molecule has 0 saturated carbocycles. The average molecular weight is 391 g/mol. The molecule has 2 rings (SSSR count). The Bertz CT molecular complexity index is 884. The van der Waals surface area contributed by atoms with E-state index in [1.54, 1.807) is 6.07 Å². The van der Waals surface area contributed by atoms with Crippen molar-refractivity contribution >= 4 is 21.6 Å². The first-order chi connectivity index (χ1) is 12.8. The van der Waals surface area contributed by atoms with E-state index in [0.29, 0.717) is 18.8 Å². The molecule has 0 radical (unpaired) electrons. The predicted octanol–water partition coefficient (Wildman–Crippen LogP) is 1.98. The number of sulfonamides is 1. The molecule has 7 nitrogen and oxygen atoms in total. The summed E-state index contributed by atoms with van der Waals surface area (Å²) < 4.78 is 28.5. The van der Waals surface area contributed by atoms with Crippen LogP contribution in [-0.4, -0.2) is 46.0 Å². The molecule has 0 bridgehead atoms. The highest BCUT2D eigenvalue weighted by molar-refractivity contribution is 7.89. The highest BCUT2D eigenvalue weighted by Crippen LogP contribution is 2.16. The Hall–Kier alpha value is -2.42. The highest BCUT2D eigenvalue weighted by Gasteiger charge is 2.11. The lowest BCUT2D eigenvalue weighted by atomic mass is 10.2. The number of nitrogens with zero attached hydrogens (tertiary/aromatic N) is 1. The summed E-state index contributed by atoms with van der Waals surface area (Å²) in [5, 5.41) is 7.77. The third-order valence-electron chi connectivity index (χ3n) is 3.90. The maximum absolute atomic E-state index is 12.1. The van der Waals surface area contributed by atoms with E-state index >= 15 is 0 Å². The number of amides is 1. The van der Waals surface area contributed by atoms with Gasteiger partial charge >= 0.3 is 0 Å². The number of rotatable bonds is 9. The van der Waals surface area contributed by atoms with Crippen LogP contribution in [0.5, 0.6) is 5.75 Å². The minimum absolute atomic E-state index is 0.0398. The number of hydrogen-bond donors (Lipinski definition) is 2. The fourth-order valence-corrected chi connectivity index (χ4v) is 3.07. The minimum Gasteiger partial charge on any atom is -0.493 e. The number of carbonyl (C=O) groups is 1. The zero-order valence-electron chi connectivity index (χ0n) is 15.5. The van der Waals surface area contributed by atoms with Gasteiger partial charge < -0.3 is 10.1 Å². The van der Waals surface area contributed by atoms with Gasteiger partial charge in [-0.2, -0.15) is 0 Å². The van der Waals surface area contributed by atoms with Gasteiger partial charge in [0.25, 0.3) is 0 Å². The summed E-state index contributed by atoms with van der Waals surface area (Å²) in [5.74, 6) is 0.636. The van der Waals surface area contributed by atoms with Gasteiger partial charge in [0, 0.05) is 12.2 Å². The van der Waals surface area contributed by atoms with E-state index < -0.39 is 10.0 Å². The molecule has 3 N–H and O–H groups in total. The fraction of sp³-hybridized carbons (Fsp3) is 0.316. The molecule has 146 valence electrons. The first-order valence-corrected chi connectivity index (χ1v) is 10.1. The summed E-state index contributed by atoms with van der Waals surface area (Å²) in [4.78, 5) is 14.0. The summed E-state index contributed by atoms with van der Waals surface area (Å²) in [6.07, 6.45) is 0.777. The van der Waals surface area contributed by atoms with Crippen molar-refractivity contribution in [1.82, 2.24) is 4.90 Å². The van der Waals surface area contributed by atoms with Crippen molar-refractivity contribution in [3.8, 4) is 5.75 Å². The predicted molar refractivity (Wildman–Crippen MR) is 105 cm³/mol. The van der Waals surface area contributed by atoms with E-state index in [0.717, 1.165) is 17.7 Å². The summed E-state index contributed by atoms with van der Waals surface area (Å²) in [5.41, 5.74) is 1.48.